The number of carbonyl (C=O) groups is 2. The van der Waals surface area contributed by atoms with E-state index in [4.69, 9.17) is 0 Å². The average molecular weight is 385 g/mol. The van der Waals surface area contributed by atoms with Gasteiger partial charge in [0.25, 0.3) is 0 Å². The molecule has 0 bridgehead atoms. The van der Waals surface area contributed by atoms with Crippen LogP contribution in [0.1, 0.15) is 22.8 Å². The van der Waals surface area contributed by atoms with Crippen molar-refractivity contribution < 1.29 is 14.0 Å². The smallest absolute Gasteiger partial charge is 0.221 e. The lowest BCUT2D eigenvalue weighted by Gasteiger charge is -2.08. The van der Waals surface area contributed by atoms with E-state index in [2.05, 4.69) is 20.8 Å². The second-order valence-corrected chi connectivity index (χ2v) is 6.69. The van der Waals surface area contributed by atoms with Gasteiger partial charge in [-0.2, -0.15) is 4.68 Å². The van der Waals surface area contributed by atoms with Crippen molar-refractivity contribution in [3.05, 3.63) is 59.4 Å². The monoisotopic (exact) mass is 385 g/mol. The van der Waals surface area contributed by atoms with Gasteiger partial charge in [0.15, 0.2) is 5.78 Å². The van der Waals surface area contributed by atoms with Gasteiger partial charge in [0, 0.05) is 12.6 Å². The molecule has 0 radical (unpaired) electrons. The molecule has 0 fully saturated rings. The molecule has 0 saturated carbocycles. The number of tetrazole rings is 1. The Morgan fingerprint density at radius 2 is 2.00 bits per heavy atom. The SMILES string of the molecule is CC(=O)Nc1ccc(C(=O)CSc2nnnn2-c2ccccc2C)c(F)c1. The number of halogens is 1. The van der Waals surface area contributed by atoms with Crippen molar-refractivity contribution in [3.63, 3.8) is 0 Å². The second kappa shape index (κ2) is 8.09. The lowest BCUT2D eigenvalue weighted by molar-refractivity contribution is -0.114. The zero-order chi connectivity index (χ0) is 19.4. The quantitative estimate of drug-likeness (QED) is 0.518. The summed E-state index contributed by atoms with van der Waals surface area (Å²) >= 11 is 1.12. The van der Waals surface area contributed by atoms with Crippen LogP contribution in [-0.2, 0) is 4.79 Å². The van der Waals surface area contributed by atoms with Crippen LogP contribution in [0.4, 0.5) is 10.1 Å². The van der Waals surface area contributed by atoms with Crippen LogP contribution < -0.4 is 5.32 Å². The number of nitrogens with zero attached hydrogens (tertiary/aromatic N) is 4. The highest BCUT2D eigenvalue weighted by Crippen LogP contribution is 2.22. The van der Waals surface area contributed by atoms with Crippen LogP contribution in [0.3, 0.4) is 0 Å². The molecule has 0 aliphatic carbocycles. The lowest BCUT2D eigenvalue weighted by atomic mass is 10.1. The van der Waals surface area contributed by atoms with E-state index in [0.29, 0.717) is 10.8 Å². The minimum absolute atomic E-state index is 0.0251. The van der Waals surface area contributed by atoms with Gasteiger partial charge in [-0.15, -0.1) is 5.10 Å². The van der Waals surface area contributed by atoms with Crippen LogP contribution in [-0.4, -0.2) is 37.7 Å². The lowest BCUT2D eigenvalue weighted by Crippen LogP contribution is -2.10. The fraction of sp³-hybridized carbons (Fsp3) is 0.167. The Morgan fingerprint density at radius 3 is 2.70 bits per heavy atom. The third-order valence-corrected chi connectivity index (χ3v) is 4.63. The zero-order valence-electron chi connectivity index (χ0n) is 14.6. The Hall–Kier alpha value is -3.07. The number of aromatic nitrogens is 4. The van der Waals surface area contributed by atoms with Gasteiger partial charge in [-0.05, 0) is 47.2 Å². The normalized spacial score (nSPS) is 10.6. The fourth-order valence-electron chi connectivity index (χ4n) is 2.45. The van der Waals surface area contributed by atoms with Gasteiger partial charge >= 0.3 is 0 Å². The third kappa shape index (κ3) is 4.37. The summed E-state index contributed by atoms with van der Waals surface area (Å²) in [5.41, 5.74) is 2.04. The number of aryl methyl sites for hydroxylation is 1. The van der Waals surface area contributed by atoms with Crippen molar-refractivity contribution in [1.82, 2.24) is 20.2 Å². The third-order valence-electron chi connectivity index (χ3n) is 3.71. The predicted octanol–water partition coefficient (Wildman–Crippen LogP) is 3.04. The second-order valence-electron chi connectivity index (χ2n) is 5.75. The first-order valence-electron chi connectivity index (χ1n) is 8.03. The van der Waals surface area contributed by atoms with Crippen molar-refractivity contribution >= 4 is 29.1 Å². The Balaban J connectivity index is 1.73. The first-order chi connectivity index (χ1) is 13.0. The molecule has 27 heavy (non-hydrogen) atoms. The molecular weight excluding hydrogens is 369 g/mol. The fourth-order valence-corrected chi connectivity index (χ4v) is 3.22. The summed E-state index contributed by atoms with van der Waals surface area (Å²) in [4.78, 5) is 23.4. The number of carbonyl (C=O) groups excluding carboxylic acids is 2. The Labute approximate surface area is 159 Å². The van der Waals surface area contributed by atoms with Crippen molar-refractivity contribution in [2.75, 3.05) is 11.1 Å². The van der Waals surface area contributed by atoms with Crippen LogP contribution in [0, 0.1) is 12.7 Å². The first kappa shape index (κ1) is 18.7. The number of benzene rings is 2. The Kier molecular flexibility index (Phi) is 5.60. The number of hydrogen-bond acceptors (Lipinski definition) is 6. The number of rotatable bonds is 6. The van der Waals surface area contributed by atoms with Crippen molar-refractivity contribution in [1.29, 1.82) is 0 Å². The van der Waals surface area contributed by atoms with Gasteiger partial charge in [-0.3, -0.25) is 9.59 Å². The zero-order valence-corrected chi connectivity index (χ0v) is 15.5. The maximum absolute atomic E-state index is 14.2. The van der Waals surface area contributed by atoms with Gasteiger partial charge in [-0.25, -0.2) is 4.39 Å². The summed E-state index contributed by atoms with van der Waals surface area (Å²) < 4.78 is 15.7. The van der Waals surface area contributed by atoms with E-state index >= 15 is 0 Å². The molecule has 0 unspecified atom stereocenters. The molecule has 1 heterocycles. The molecule has 0 aliphatic rings. The molecule has 0 aliphatic heterocycles. The van der Waals surface area contributed by atoms with Gasteiger partial charge in [0.2, 0.25) is 11.1 Å². The average Bonchev–Trinajstić information content (AvgIpc) is 3.08. The number of nitrogens with one attached hydrogen (secondary N) is 1. The molecule has 3 aromatic rings. The van der Waals surface area contributed by atoms with E-state index in [1.54, 1.807) is 4.68 Å². The molecule has 0 saturated heterocycles. The summed E-state index contributed by atoms with van der Waals surface area (Å²) in [6.07, 6.45) is 0. The summed E-state index contributed by atoms with van der Waals surface area (Å²) in [7, 11) is 0. The minimum Gasteiger partial charge on any atom is -0.326 e. The van der Waals surface area contributed by atoms with Crippen molar-refractivity contribution in [2.45, 2.75) is 19.0 Å². The predicted molar refractivity (Wildman–Crippen MR) is 99.6 cm³/mol. The summed E-state index contributed by atoms with van der Waals surface area (Å²) in [6, 6.07) is 11.5. The van der Waals surface area contributed by atoms with E-state index in [1.807, 2.05) is 31.2 Å². The van der Waals surface area contributed by atoms with Crippen molar-refractivity contribution in [3.8, 4) is 5.69 Å². The molecule has 9 heteroatoms. The number of hydrogen-bond donors (Lipinski definition) is 1. The molecular formula is C18H16FN5O2S. The van der Waals surface area contributed by atoms with E-state index in [1.165, 1.54) is 19.1 Å². The van der Waals surface area contributed by atoms with E-state index in [-0.39, 0.29) is 17.2 Å². The highest BCUT2D eigenvalue weighted by molar-refractivity contribution is 7.99. The maximum atomic E-state index is 14.2. The van der Waals surface area contributed by atoms with Gasteiger partial charge in [-0.1, -0.05) is 30.0 Å². The van der Waals surface area contributed by atoms with Crippen LogP contribution in [0.15, 0.2) is 47.6 Å². The molecule has 1 N–H and O–H groups in total. The number of ketones is 1. The van der Waals surface area contributed by atoms with Gasteiger partial charge < -0.3 is 5.32 Å². The Bertz CT molecular complexity index is 1000. The van der Waals surface area contributed by atoms with Crippen molar-refractivity contribution in [2.24, 2.45) is 0 Å². The highest BCUT2D eigenvalue weighted by atomic mass is 32.2. The van der Waals surface area contributed by atoms with Gasteiger partial charge in [0.05, 0.1) is 17.0 Å². The molecule has 2 aromatic carbocycles. The molecule has 1 amide bonds. The van der Waals surface area contributed by atoms with E-state index in [0.717, 1.165) is 29.1 Å². The molecule has 0 atom stereocenters. The first-order valence-corrected chi connectivity index (χ1v) is 9.02. The van der Waals surface area contributed by atoms with Crippen LogP contribution in [0.5, 0.6) is 0 Å². The van der Waals surface area contributed by atoms with Crippen LogP contribution >= 0.6 is 11.8 Å². The van der Waals surface area contributed by atoms with Crippen LogP contribution in [0.25, 0.3) is 5.69 Å². The van der Waals surface area contributed by atoms with E-state index < -0.39 is 11.6 Å². The van der Waals surface area contributed by atoms with Crippen LogP contribution in [0.2, 0.25) is 0 Å². The minimum atomic E-state index is -0.689. The van der Waals surface area contributed by atoms with E-state index in [9.17, 15) is 14.0 Å². The summed E-state index contributed by atoms with van der Waals surface area (Å²) in [5, 5.41) is 14.5. The standard InChI is InChI=1S/C18H16FN5O2S/c1-11-5-3-4-6-16(11)24-18(21-22-23-24)27-10-17(26)14-8-7-13(9-15(14)19)20-12(2)25/h3-9H,10H2,1-2H3,(H,20,25). The number of thioether (sulfide) groups is 1. The molecule has 3 rings (SSSR count). The number of para-hydroxylation sites is 1. The summed E-state index contributed by atoms with van der Waals surface area (Å²) in [6.45, 7) is 3.26. The number of anilines is 1. The molecule has 1 aromatic heterocycles. The number of amides is 1. The molecule has 138 valence electrons. The summed E-state index contributed by atoms with van der Waals surface area (Å²) in [5.74, 6) is -1.42. The Morgan fingerprint density at radius 1 is 1.22 bits per heavy atom. The largest absolute Gasteiger partial charge is 0.326 e. The van der Waals surface area contributed by atoms with Gasteiger partial charge in [0.1, 0.15) is 5.82 Å². The topological polar surface area (TPSA) is 89.8 Å². The number of Topliss-reactive ketones (excluding diaryl/α,β-unsaturated/α-hetero) is 1. The maximum Gasteiger partial charge on any atom is 0.221 e. The highest BCUT2D eigenvalue weighted by Gasteiger charge is 2.16. The molecule has 0 spiro atoms. The molecule has 7 nitrogen and oxygen atoms in total.